The van der Waals surface area contributed by atoms with Gasteiger partial charge in [-0.3, -0.25) is 0 Å². The number of hydrogen-bond acceptors (Lipinski definition) is 3. The lowest BCUT2D eigenvalue weighted by Crippen LogP contribution is -2.37. The standard InChI is InChI=1S/C8H16N2O/c1-8(2,3)11-7-9-5-4-6-10-7/h4-6H2,1-3H3,(H,9,10). The van der Waals surface area contributed by atoms with E-state index in [9.17, 15) is 0 Å². The number of aliphatic imine (C=N–C) groups is 1. The predicted octanol–water partition coefficient (Wildman–Crippen LogP) is 1.15. The van der Waals surface area contributed by atoms with Crippen LogP contribution in [0.25, 0.3) is 0 Å². The number of nitrogens with zero attached hydrogens (tertiary/aromatic N) is 1. The molecular weight excluding hydrogens is 140 g/mol. The number of hydrogen-bond donors (Lipinski definition) is 1. The summed E-state index contributed by atoms with van der Waals surface area (Å²) in [6.45, 7) is 7.93. The van der Waals surface area contributed by atoms with Crippen LogP contribution >= 0.6 is 0 Å². The average Bonchev–Trinajstić information content (AvgIpc) is 1.85. The fourth-order valence-electron chi connectivity index (χ4n) is 0.869. The van der Waals surface area contributed by atoms with Gasteiger partial charge in [-0.2, -0.15) is 0 Å². The molecule has 1 heterocycles. The number of rotatable bonds is 0. The van der Waals surface area contributed by atoms with Gasteiger partial charge in [0.15, 0.2) is 0 Å². The summed E-state index contributed by atoms with van der Waals surface area (Å²) in [6, 6.07) is 0.698. The molecule has 0 atom stereocenters. The van der Waals surface area contributed by atoms with Crippen molar-refractivity contribution in [1.29, 1.82) is 0 Å². The molecule has 0 aliphatic carbocycles. The summed E-state index contributed by atoms with van der Waals surface area (Å²) in [5.74, 6) is 0. The van der Waals surface area contributed by atoms with Crippen LogP contribution in [-0.2, 0) is 4.74 Å². The molecule has 0 aromatic carbocycles. The minimum atomic E-state index is -0.136. The summed E-state index contributed by atoms with van der Waals surface area (Å²) in [4.78, 5) is 4.20. The monoisotopic (exact) mass is 156 g/mol. The van der Waals surface area contributed by atoms with Crippen molar-refractivity contribution in [3.63, 3.8) is 0 Å². The second kappa shape index (κ2) is 3.11. The van der Waals surface area contributed by atoms with Gasteiger partial charge in [0.1, 0.15) is 5.60 Å². The molecule has 11 heavy (non-hydrogen) atoms. The van der Waals surface area contributed by atoms with Gasteiger partial charge in [-0.25, -0.2) is 4.99 Å². The number of ether oxygens (including phenoxy) is 1. The molecule has 3 heteroatoms. The smallest absolute Gasteiger partial charge is 0.285 e. The molecule has 0 radical (unpaired) electrons. The van der Waals surface area contributed by atoms with Gasteiger partial charge < -0.3 is 10.1 Å². The van der Waals surface area contributed by atoms with Gasteiger partial charge in [0, 0.05) is 13.1 Å². The molecule has 0 spiro atoms. The van der Waals surface area contributed by atoms with Gasteiger partial charge in [0.05, 0.1) is 0 Å². The first-order chi connectivity index (χ1) is 5.08. The molecule has 0 amide bonds. The zero-order valence-corrected chi connectivity index (χ0v) is 7.48. The molecule has 0 aromatic heterocycles. The lowest BCUT2D eigenvalue weighted by atomic mass is 10.2. The summed E-state index contributed by atoms with van der Waals surface area (Å²) in [6.07, 6.45) is 1.11. The van der Waals surface area contributed by atoms with Gasteiger partial charge >= 0.3 is 0 Å². The zero-order valence-electron chi connectivity index (χ0n) is 7.48. The Kier molecular flexibility index (Phi) is 2.37. The highest BCUT2D eigenvalue weighted by Crippen LogP contribution is 2.07. The fourth-order valence-corrected chi connectivity index (χ4v) is 0.869. The van der Waals surface area contributed by atoms with Gasteiger partial charge in [-0.1, -0.05) is 0 Å². The van der Waals surface area contributed by atoms with Crippen molar-refractivity contribution in [1.82, 2.24) is 5.32 Å². The van der Waals surface area contributed by atoms with Crippen LogP contribution in [0.1, 0.15) is 27.2 Å². The third kappa shape index (κ3) is 3.25. The van der Waals surface area contributed by atoms with Gasteiger partial charge in [-0.05, 0) is 27.2 Å². The molecule has 0 unspecified atom stereocenters. The van der Waals surface area contributed by atoms with Crippen molar-refractivity contribution in [2.45, 2.75) is 32.8 Å². The van der Waals surface area contributed by atoms with Crippen LogP contribution in [0.5, 0.6) is 0 Å². The van der Waals surface area contributed by atoms with E-state index in [1.165, 1.54) is 0 Å². The quantitative estimate of drug-likeness (QED) is 0.571. The topological polar surface area (TPSA) is 33.6 Å². The van der Waals surface area contributed by atoms with Crippen molar-refractivity contribution >= 4 is 6.02 Å². The molecule has 3 nitrogen and oxygen atoms in total. The largest absolute Gasteiger partial charge is 0.460 e. The summed E-state index contributed by atoms with van der Waals surface area (Å²) in [5.41, 5.74) is -0.136. The van der Waals surface area contributed by atoms with E-state index in [1.807, 2.05) is 20.8 Å². The Bertz CT molecular complexity index is 158. The lowest BCUT2D eigenvalue weighted by Gasteiger charge is -2.24. The highest BCUT2D eigenvalue weighted by Gasteiger charge is 2.15. The van der Waals surface area contributed by atoms with Gasteiger partial charge in [0.25, 0.3) is 6.02 Å². The van der Waals surface area contributed by atoms with Crippen molar-refractivity contribution in [2.24, 2.45) is 4.99 Å². The minimum Gasteiger partial charge on any atom is -0.460 e. The maximum Gasteiger partial charge on any atom is 0.285 e. The second-order valence-electron chi connectivity index (χ2n) is 3.68. The van der Waals surface area contributed by atoms with E-state index in [0.717, 1.165) is 19.5 Å². The Morgan fingerprint density at radius 1 is 1.45 bits per heavy atom. The highest BCUT2D eigenvalue weighted by atomic mass is 16.5. The van der Waals surface area contributed by atoms with Crippen molar-refractivity contribution < 1.29 is 4.74 Å². The van der Waals surface area contributed by atoms with E-state index >= 15 is 0 Å². The van der Waals surface area contributed by atoms with Crippen molar-refractivity contribution in [2.75, 3.05) is 13.1 Å². The van der Waals surface area contributed by atoms with E-state index in [2.05, 4.69) is 10.3 Å². The van der Waals surface area contributed by atoms with Crippen LogP contribution in [0.2, 0.25) is 0 Å². The van der Waals surface area contributed by atoms with Crippen LogP contribution in [0, 0.1) is 0 Å². The van der Waals surface area contributed by atoms with Crippen LogP contribution in [0.4, 0.5) is 0 Å². The third-order valence-electron chi connectivity index (χ3n) is 1.27. The fraction of sp³-hybridized carbons (Fsp3) is 0.875. The maximum absolute atomic E-state index is 5.52. The molecular formula is C8H16N2O. The first-order valence-corrected chi connectivity index (χ1v) is 4.05. The second-order valence-corrected chi connectivity index (χ2v) is 3.68. The molecule has 1 rings (SSSR count). The Morgan fingerprint density at radius 2 is 2.18 bits per heavy atom. The minimum absolute atomic E-state index is 0.136. The SMILES string of the molecule is CC(C)(C)OC1=NCCCN1. The molecule has 64 valence electrons. The van der Waals surface area contributed by atoms with E-state index in [-0.39, 0.29) is 5.60 Å². The van der Waals surface area contributed by atoms with E-state index < -0.39 is 0 Å². The van der Waals surface area contributed by atoms with Crippen LogP contribution in [0.15, 0.2) is 4.99 Å². The highest BCUT2D eigenvalue weighted by molar-refractivity contribution is 5.74. The third-order valence-corrected chi connectivity index (χ3v) is 1.27. The maximum atomic E-state index is 5.52. The van der Waals surface area contributed by atoms with Crippen LogP contribution < -0.4 is 5.32 Å². The van der Waals surface area contributed by atoms with Gasteiger partial charge in [-0.15, -0.1) is 0 Å². The Balaban J connectivity index is 2.42. The summed E-state index contributed by atoms with van der Waals surface area (Å²) in [5, 5.41) is 3.10. The average molecular weight is 156 g/mol. The molecule has 0 bridgehead atoms. The first-order valence-electron chi connectivity index (χ1n) is 4.05. The van der Waals surface area contributed by atoms with Crippen LogP contribution in [0.3, 0.4) is 0 Å². The molecule has 0 aromatic rings. The summed E-state index contributed by atoms with van der Waals surface area (Å²) in [7, 11) is 0. The van der Waals surface area contributed by atoms with Gasteiger partial charge in [0.2, 0.25) is 0 Å². The molecule has 1 aliphatic rings. The van der Waals surface area contributed by atoms with E-state index in [1.54, 1.807) is 0 Å². The molecule has 0 saturated heterocycles. The lowest BCUT2D eigenvalue weighted by molar-refractivity contribution is 0.107. The zero-order chi connectivity index (χ0) is 8.32. The van der Waals surface area contributed by atoms with E-state index in [4.69, 9.17) is 4.74 Å². The molecule has 0 fully saturated rings. The van der Waals surface area contributed by atoms with Crippen molar-refractivity contribution in [3.05, 3.63) is 0 Å². The Hall–Kier alpha value is -0.730. The molecule has 1 aliphatic heterocycles. The molecule has 0 saturated carbocycles. The molecule has 1 N–H and O–H groups in total. The van der Waals surface area contributed by atoms with Crippen molar-refractivity contribution in [3.8, 4) is 0 Å². The predicted molar refractivity (Wildman–Crippen MR) is 45.8 cm³/mol. The Labute approximate surface area is 67.8 Å². The normalized spacial score (nSPS) is 18.6. The number of amidine groups is 1. The summed E-state index contributed by atoms with van der Waals surface area (Å²) < 4.78 is 5.52. The summed E-state index contributed by atoms with van der Waals surface area (Å²) >= 11 is 0. The first kappa shape index (κ1) is 8.37. The number of nitrogens with one attached hydrogen (secondary N) is 1. The van der Waals surface area contributed by atoms with E-state index in [0.29, 0.717) is 6.02 Å². The Morgan fingerprint density at radius 3 is 2.64 bits per heavy atom. The van der Waals surface area contributed by atoms with Crippen LogP contribution in [-0.4, -0.2) is 24.7 Å².